The fourth-order valence-corrected chi connectivity index (χ4v) is 1.20. The molecule has 3 heteroatoms. The minimum Gasteiger partial charge on any atom is -0.398 e. The van der Waals surface area contributed by atoms with Crippen LogP contribution in [0, 0.1) is 0 Å². The van der Waals surface area contributed by atoms with Crippen LogP contribution in [0.25, 0.3) is 0 Å². The van der Waals surface area contributed by atoms with Gasteiger partial charge in [-0.1, -0.05) is 18.2 Å². The van der Waals surface area contributed by atoms with Crippen molar-refractivity contribution in [3.63, 3.8) is 0 Å². The molecule has 3 N–H and O–H groups in total. The highest BCUT2D eigenvalue weighted by Crippen LogP contribution is 2.22. The molecule has 0 aliphatic rings. The molecule has 70 valence electrons. The van der Waals surface area contributed by atoms with Gasteiger partial charge in [0, 0.05) is 17.7 Å². The van der Waals surface area contributed by atoms with Crippen molar-refractivity contribution in [2.75, 3.05) is 5.73 Å². The lowest BCUT2D eigenvalue weighted by Crippen LogP contribution is -2.01. The summed E-state index contributed by atoms with van der Waals surface area (Å²) >= 11 is 0. The van der Waals surface area contributed by atoms with E-state index in [0.29, 0.717) is 24.1 Å². The lowest BCUT2D eigenvalue weighted by Gasteiger charge is -2.11. The third kappa shape index (κ3) is 2.56. The number of carbonyl (C=O) groups is 1. The van der Waals surface area contributed by atoms with E-state index in [-0.39, 0.29) is 0 Å². The maximum atomic E-state index is 10.1. The molecule has 0 saturated heterocycles. The first-order valence-corrected chi connectivity index (χ1v) is 4.22. The number of rotatable bonds is 4. The van der Waals surface area contributed by atoms with E-state index in [1.165, 1.54) is 0 Å². The van der Waals surface area contributed by atoms with Crippen LogP contribution < -0.4 is 5.73 Å². The number of anilines is 1. The van der Waals surface area contributed by atoms with Crippen LogP contribution in [0.4, 0.5) is 5.69 Å². The monoisotopic (exact) mass is 179 g/mol. The molecule has 0 aromatic heterocycles. The molecule has 1 atom stereocenters. The van der Waals surface area contributed by atoms with Gasteiger partial charge in [0.1, 0.15) is 6.29 Å². The van der Waals surface area contributed by atoms with Gasteiger partial charge in [-0.15, -0.1) is 0 Å². The summed E-state index contributed by atoms with van der Waals surface area (Å²) in [5.41, 5.74) is 6.91. The predicted octanol–water partition coefficient (Wildman–Crippen LogP) is 1.28. The van der Waals surface area contributed by atoms with Crippen molar-refractivity contribution < 1.29 is 9.90 Å². The Labute approximate surface area is 77.2 Å². The SMILES string of the molecule is Nc1ccccc1C(O)CCC=O. The summed E-state index contributed by atoms with van der Waals surface area (Å²) in [7, 11) is 0. The maximum absolute atomic E-state index is 10.1. The summed E-state index contributed by atoms with van der Waals surface area (Å²) in [6.07, 6.45) is 0.946. The molecule has 0 aliphatic heterocycles. The van der Waals surface area contributed by atoms with Crippen LogP contribution in [0.2, 0.25) is 0 Å². The number of nitrogens with two attached hydrogens (primary N) is 1. The Morgan fingerprint density at radius 3 is 2.77 bits per heavy atom. The zero-order chi connectivity index (χ0) is 9.68. The second-order valence-electron chi connectivity index (χ2n) is 2.89. The van der Waals surface area contributed by atoms with Crippen LogP contribution in [-0.4, -0.2) is 11.4 Å². The molecule has 0 heterocycles. The number of aldehydes is 1. The molecule has 0 bridgehead atoms. The van der Waals surface area contributed by atoms with Crippen LogP contribution in [0.1, 0.15) is 24.5 Å². The summed E-state index contributed by atoms with van der Waals surface area (Å²) in [6.45, 7) is 0. The van der Waals surface area contributed by atoms with Crippen LogP contribution in [-0.2, 0) is 4.79 Å². The number of benzene rings is 1. The quantitative estimate of drug-likeness (QED) is 0.540. The van der Waals surface area contributed by atoms with E-state index in [1.807, 2.05) is 12.1 Å². The average Bonchev–Trinajstić information content (AvgIpc) is 2.15. The summed E-state index contributed by atoms with van der Waals surface area (Å²) in [4.78, 5) is 10.1. The van der Waals surface area contributed by atoms with Gasteiger partial charge in [0.05, 0.1) is 6.10 Å². The summed E-state index contributed by atoms with van der Waals surface area (Å²) in [5, 5.41) is 9.59. The Bertz CT molecular complexity index is 286. The van der Waals surface area contributed by atoms with E-state index < -0.39 is 6.10 Å². The lowest BCUT2D eigenvalue weighted by molar-refractivity contribution is -0.108. The van der Waals surface area contributed by atoms with Crippen molar-refractivity contribution in [1.29, 1.82) is 0 Å². The van der Waals surface area contributed by atoms with Gasteiger partial charge < -0.3 is 15.6 Å². The molecule has 1 aromatic rings. The average molecular weight is 179 g/mol. The summed E-state index contributed by atoms with van der Waals surface area (Å²) < 4.78 is 0. The van der Waals surface area contributed by atoms with Crippen LogP contribution >= 0.6 is 0 Å². The van der Waals surface area contributed by atoms with Gasteiger partial charge in [-0.2, -0.15) is 0 Å². The molecule has 13 heavy (non-hydrogen) atoms. The normalized spacial score (nSPS) is 12.4. The predicted molar refractivity (Wildman–Crippen MR) is 51.1 cm³/mol. The number of nitrogen functional groups attached to an aromatic ring is 1. The third-order valence-corrected chi connectivity index (χ3v) is 1.91. The molecule has 0 amide bonds. The highest BCUT2D eigenvalue weighted by Gasteiger charge is 2.08. The van der Waals surface area contributed by atoms with Crippen molar-refractivity contribution >= 4 is 12.0 Å². The van der Waals surface area contributed by atoms with Crippen molar-refractivity contribution in [3.8, 4) is 0 Å². The van der Waals surface area contributed by atoms with Gasteiger partial charge in [-0.3, -0.25) is 0 Å². The number of aliphatic hydroxyl groups excluding tert-OH is 1. The number of hydrogen-bond acceptors (Lipinski definition) is 3. The molecule has 0 spiro atoms. The Morgan fingerprint density at radius 2 is 2.15 bits per heavy atom. The first-order valence-electron chi connectivity index (χ1n) is 4.22. The van der Waals surface area contributed by atoms with Crippen molar-refractivity contribution in [3.05, 3.63) is 29.8 Å². The Morgan fingerprint density at radius 1 is 1.46 bits per heavy atom. The van der Waals surface area contributed by atoms with Gasteiger partial charge in [0.25, 0.3) is 0 Å². The van der Waals surface area contributed by atoms with Gasteiger partial charge in [0.2, 0.25) is 0 Å². The van der Waals surface area contributed by atoms with E-state index in [4.69, 9.17) is 5.73 Å². The second kappa shape index (κ2) is 4.62. The summed E-state index contributed by atoms with van der Waals surface area (Å²) in [5.74, 6) is 0. The molecule has 0 fully saturated rings. The number of aliphatic hydroxyl groups is 1. The van der Waals surface area contributed by atoms with Gasteiger partial charge >= 0.3 is 0 Å². The minimum absolute atomic E-state index is 0.357. The Kier molecular flexibility index (Phi) is 3.46. The highest BCUT2D eigenvalue weighted by molar-refractivity contribution is 5.51. The van der Waals surface area contributed by atoms with Crippen LogP contribution in [0.15, 0.2) is 24.3 Å². The molecule has 1 aromatic carbocycles. The second-order valence-corrected chi connectivity index (χ2v) is 2.89. The zero-order valence-corrected chi connectivity index (χ0v) is 7.31. The van der Waals surface area contributed by atoms with E-state index in [2.05, 4.69) is 0 Å². The van der Waals surface area contributed by atoms with Crippen LogP contribution in [0.5, 0.6) is 0 Å². The fourth-order valence-electron chi connectivity index (χ4n) is 1.20. The molecule has 1 rings (SSSR count). The van der Waals surface area contributed by atoms with Crippen molar-refractivity contribution in [2.24, 2.45) is 0 Å². The highest BCUT2D eigenvalue weighted by atomic mass is 16.3. The van der Waals surface area contributed by atoms with Gasteiger partial charge in [-0.25, -0.2) is 0 Å². The molecular formula is C10H13NO2. The summed E-state index contributed by atoms with van der Waals surface area (Å²) in [6, 6.07) is 7.13. The van der Waals surface area contributed by atoms with E-state index in [1.54, 1.807) is 12.1 Å². The standard InChI is InChI=1S/C10H13NO2/c11-9-5-2-1-4-8(9)10(13)6-3-7-12/h1-2,4-5,7,10,13H,3,6,11H2. The third-order valence-electron chi connectivity index (χ3n) is 1.91. The fraction of sp³-hybridized carbons (Fsp3) is 0.300. The van der Waals surface area contributed by atoms with Gasteiger partial charge in [-0.05, 0) is 12.5 Å². The Balaban J connectivity index is 2.70. The molecule has 0 saturated carbocycles. The van der Waals surface area contributed by atoms with E-state index >= 15 is 0 Å². The lowest BCUT2D eigenvalue weighted by atomic mass is 10.0. The molecule has 1 unspecified atom stereocenters. The number of hydrogen-bond donors (Lipinski definition) is 2. The molecule has 3 nitrogen and oxygen atoms in total. The van der Waals surface area contributed by atoms with E-state index in [9.17, 15) is 9.90 Å². The van der Waals surface area contributed by atoms with Crippen molar-refractivity contribution in [2.45, 2.75) is 18.9 Å². The molecule has 0 radical (unpaired) electrons. The molecule has 0 aliphatic carbocycles. The Hall–Kier alpha value is -1.35. The maximum Gasteiger partial charge on any atom is 0.120 e. The van der Waals surface area contributed by atoms with Crippen LogP contribution in [0.3, 0.4) is 0 Å². The number of para-hydroxylation sites is 1. The van der Waals surface area contributed by atoms with Gasteiger partial charge in [0.15, 0.2) is 0 Å². The largest absolute Gasteiger partial charge is 0.398 e. The minimum atomic E-state index is -0.633. The zero-order valence-electron chi connectivity index (χ0n) is 7.31. The first-order chi connectivity index (χ1) is 6.25. The molecular weight excluding hydrogens is 166 g/mol. The van der Waals surface area contributed by atoms with Crippen molar-refractivity contribution in [1.82, 2.24) is 0 Å². The first kappa shape index (κ1) is 9.74. The topological polar surface area (TPSA) is 63.3 Å². The number of carbonyl (C=O) groups excluding carboxylic acids is 1. The smallest absolute Gasteiger partial charge is 0.120 e. The van der Waals surface area contributed by atoms with E-state index in [0.717, 1.165) is 6.29 Å².